The molecule has 7 rings (SSSR count). The molecule has 2 heterocycles. The monoisotopic (exact) mass is 598 g/mol. The predicted octanol–water partition coefficient (Wildman–Crippen LogP) is 5.56. The molecule has 0 radical (unpaired) electrons. The molecule has 2 aromatic rings. The van der Waals surface area contributed by atoms with Crippen LogP contribution in [0, 0.1) is 24.7 Å². The van der Waals surface area contributed by atoms with Crippen LogP contribution in [0.15, 0.2) is 42.5 Å². The predicted molar refractivity (Wildman–Crippen MR) is 170 cm³/mol. The number of esters is 1. The summed E-state index contributed by atoms with van der Waals surface area (Å²) in [5.41, 5.74) is 4.79. The highest BCUT2D eigenvalue weighted by molar-refractivity contribution is 5.92. The highest BCUT2D eigenvalue weighted by Crippen LogP contribution is 2.64. The fourth-order valence-electron chi connectivity index (χ4n) is 9.18. The first-order chi connectivity index (χ1) is 21.2. The lowest BCUT2D eigenvalue weighted by atomic mass is 9.51. The molecule has 2 aliphatic heterocycles. The molecule has 2 bridgehead atoms. The number of carbonyl (C=O) groups excluding carboxylic acids is 2. The average Bonchev–Trinajstić information content (AvgIpc) is 3.61. The van der Waals surface area contributed by atoms with Crippen molar-refractivity contribution in [2.24, 2.45) is 17.8 Å². The minimum absolute atomic E-state index is 0.0182. The van der Waals surface area contributed by atoms with Gasteiger partial charge in [-0.3, -0.25) is 14.5 Å². The zero-order valence-electron chi connectivity index (χ0n) is 26.8. The molecule has 7 heteroatoms. The number of benzene rings is 2. The second kappa shape index (κ2) is 11.2. The van der Waals surface area contributed by atoms with Gasteiger partial charge < -0.3 is 19.1 Å². The van der Waals surface area contributed by atoms with Crippen molar-refractivity contribution in [2.45, 2.75) is 89.5 Å². The quantitative estimate of drug-likeness (QED) is 0.278. The smallest absolute Gasteiger partial charge is 0.302 e. The molecule has 1 amide bonds. The number of aryl methyl sites for hydroxylation is 1. The van der Waals surface area contributed by atoms with E-state index in [1.165, 1.54) is 23.6 Å². The van der Waals surface area contributed by atoms with Gasteiger partial charge in [-0.25, -0.2) is 0 Å². The summed E-state index contributed by atoms with van der Waals surface area (Å²) < 4.78 is 18.5. The first-order valence-corrected chi connectivity index (χ1v) is 16.5. The minimum Gasteiger partial charge on any atom is -0.493 e. The van der Waals surface area contributed by atoms with Crippen molar-refractivity contribution in [1.29, 1.82) is 0 Å². The fraction of sp³-hybridized carbons (Fsp3) is 0.568. The van der Waals surface area contributed by atoms with E-state index in [1.54, 1.807) is 13.2 Å². The maximum absolute atomic E-state index is 14.1. The van der Waals surface area contributed by atoms with E-state index in [-0.39, 0.29) is 35.5 Å². The standard InChI is InChI=1S/C37H46N2O5/c1-22(2)20-39(33(41)14-9-25-8-6-7-23(3)17-25)29-12-11-28-30-18-26-10-13-31(42-5)35-34(26)37(28,36(29)44-35)15-16-38(30)21-27-19-32(27)43-24(4)40/h6-10,13-14,17,22,27-30,32,36H,11-12,15-16,18-21H2,1-5H3/t27?,28-,29-,30+,32?,36-,37-/m0/s1. The summed E-state index contributed by atoms with van der Waals surface area (Å²) in [5, 5.41) is 0. The van der Waals surface area contributed by atoms with Gasteiger partial charge in [0.25, 0.3) is 0 Å². The minimum atomic E-state index is -0.179. The summed E-state index contributed by atoms with van der Waals surface area (Å²) in [6, 6.07) is 13.0. The molecule has 3 aliphatic carbocycles. The van der Waals surface area contributed by atoms with Gasteiger partial charge in [-0.2, -0.15) is 0 Å². The molecule has 2 saturated carbocycles. The number of nitrogens with zero attached hydrogens (tertiary/aromatic N) is 2. The molecule has 2 aromatic carbocycles. The van der Waals surface area contributed by atoms with Gasteiger partial charge in [0, 0.05) is 49.0 Å². The van der Waals surface area contributed by atoms with Crippen LogP contribution in [0.4, 0.5) is 0 Å². The number of carbonyl (C=O) groups is 2. The first kappa shape index (κ1) is 29.4. The number of rotatable bonds is 9. The van der Waals surface area contributed by atoms with Gasteiger partial charge in [0.05, 0.1) is 13.2 Å². The van der Waals surface area contributed by atoms with Gasteiger partial charge in [0.15, 0.2) is 11.5 Å². The summed E-state index contributed by atoms with van der Waals surface area (Å²) in [4.78, 5) is 30.4. The number of piperidine rings is 1. The lowest BCUT2D eigenvalue weighted by Crippen LogP contribution is -2.69. The van der Waals surface area contributed by atoms with Gasteiger partial charge >= 0.3 is 5.97 Å². The van der Waals surface area contributed by atoms with Crippen LogP contribution in [0.5, 0.6) is 11.5 Å². The second-order valence-electron chi connectivity index (χ2n) is 14.3. The number of amides is 1. The highest BCUT2D eigenvalue weighted by atomic mass is 16.5. The van der Waals surface area contributed by atoms with Crippen molar-refractivity contribution in [3.05, 3.63) is 64.7 Å². The molecule has 7 nitrogen and oxygen atoms in total. The van der Waals surface area contributed by atoms with Crippen molar-refractivity contribution < 1.29 is 23.8 Å². The molecular formula is C37H46N2O5. The molecule has 7 atom stereocenters. The Morgan fingerprint density at radius 1 is 1.20 bits per heavy atom. The topological polar surface area (TPSA) is 68.3 Å². The number of methoxy groups -OCH3 is 1. The average molecular weight is 599 g/mol. The van der Waals surface area contributed by atoms with Crippen molar-refractivity contribution in [3.8, 4) is 11.5 Å². The van der Waals surface area contributed by atoms with Gasteiger partial charge in [0.2, 0.25) is 5.91 Å². The van der Waals surface area contributed by atoms with Gasteiger partial charge in [-0.15, -0.1) is 0 Å². The van der Waals surface area contributed by atoms with Crippen molar-refractivity contribution in [1.82, 2.24) is 9.80 Å². The van der Waals surface area contributed by atoms with Crippen LogP contribution >= 0.6 is 0 Å². The number of likely N-dealkylation sites (tertiary alicyclic amines) is 1. The highest BCUT2D eigenvalue weighted by Gasteiger charge is 2.67. The Bertz CT molecular complexity index is 1480. The molecular weight excluding hydrogens is 552 g/mol. The zero-order valence-corrected chi connectivity index (χ0v) is 26.8. The number of hydrogen-bond acceptors (Lipinski definition) is 6. The molecule has 0 N–H and O–H groups in total. The van der Waals surface area contributed by atoms with Crippen LogP contribution in [-0.2, 0) is 26.2 Å². The normalized spacial score (nSPS) is 31.4. The van der Waals surface area contributed by atoms with Crippen molar-refractivity contribution in [2.75, 3.05) is 26.7 Å². The Hall–Kier alpha value is -3.32. The third-order valence-electron chi connectivity index (χ3n) is 11.0. The van der Waals surface area contributed by atoms with E-state index in [4.69, 9.17) is 14.2 Å². The van der Waals surface area contributed by atoms with E-state index in [9.17, 15) is 9.59 Å². The molecule has 44 heavy (non-hydrogen) atoms. The van der Waals surface area contributed by atoms with E-state index in [0.29, 0.717) is 30.3 Å². The van der Waals surface area contributed by atoms with Crippen LogP contribution in [0.3, 0.4) is 0 Å². The maximum atomic E-state index is 14.1. The van der Waals surface area contributed by atoms with Gasteiger partial charge in [-0.05, 0) is 80.7 Å². The summed E-state index contributed by atoms with van der Waals surface area (Å²) in [6.45, 7) is 10.6. The molecule has 2 unspecified atom stereocenters. The first-order valence-electron chi connectivity index (χ1n) is 16.5. The fourth-order valence-corrected chi connectivity index (χ4v) is 9.18. The van der Waals surface area contributed by atoms with E-state index in [1.807, 2.05) is 18.2 Å². The van der Waals surface area contributed by atoms with Gasteiger partial charge in [-0.1, -0.05) is 49.7 Å². The second-order valence-corrected chi connectivity index (χ2v) is 14.3. The lowest BCUT2D eigenvalue weighted by molar-refractivity contribution is -0.142. The molecule has 234 valence electrons. The molecule has 1 spiro atoms. The van der Waals surface area contributed by atoms with Crippen LogP contribution < -0.4 is 9.47 Å². The van der Waals surface area contributed by atoms with Crippen molar-refractivity contribution in [3.63, 3.8) is 0 Å². The Labute approximate surface area is 261 Å². The maximum Gasteiger partial charge on any atom is 0.302 e. The molecule has 0 aromatic heterocycles. The lowest BCUT2D eigenvalue weighted by Gasteiger charge is -2.60. The van der Waals surface area contributed by atoms with Crippen LogP contribution in [0.25, 0.3) is 6.08 Å². The third-order valence-corrected chi connectivity index (χ3v) is 11.0. The Kier molecular flexibility index (Phi) is 7.51. The van der Waals surface area contributed by atoms with Crippen LogP contribution in [-0.4, -0.2) is 72.7 Å². The SMILES string of the molecule is COc1ccc2c3c1O[C@H]1[C@@H](N(CC(C)C)C(=O)C=Cc4cccc(C)c4)CC[C@H]4[C@@H](C2)N(CC2CC2OC(C)=O)CC[C@@]341. The van der Waals surface area contributed by atoms with E-state index in [2.05, 4.69) is 54.8 Å². The van der Waals surface area contributed by atoms with Crippen LogP contribution in [0.2, 0.25) is 0 Å². The summed E-state index contributed by atoms with van der Waals surface area (Å²) in [7, 11) is 1.73. The zero-order chi connectivity index (χ0) is 30.7. The van der Waals surface area contributed by atoms with Crippen molar-refractivity contribution >= 4 is 18.0 Å². The summed E-state index contributed by atoms with van der Waals surface area (Å²) in [6.07, 6.45) is 8.61. The third kappa shape index (κ3) is 4.92. The largest absolute Gasteiger partial charge is 0.493 e. The number of hydrogen-bond donors (Lipinski definition) is 0. The molecule has 5 aliphatic rings. The van der Waals surface area contributed by atoms with E-state index >= 15 is 0 Å². The Morgan fingerprint density at radius 2 is 2.05 bits per heavy atom. The van der Waals surface area contributed by atoms with E-state index in [0.717, 1.165) is 62.3 Å². The summed E-state index contributed by atoms with van der Waals surface area (Å²) >= 11 is 0. The van der Waals surface area contributed by atoms with E-state index < -0.39 is 0 Å². The molecule has 1 saturated heterocycles. The number of ether oxygens (including phenoxy) is 3. The summed E-state index contributed by atoms with van der Waals surface area (Å²) in [5.74, 6) is 2.79. The van der Waals surface area contributed by atoms with Crippen LogP contribution in [0.1, 0.15) is 68.7 Å². The molecule has 3 fully saturated rings. The Morgan fingerprint density at radius 3 is 2.80 bits per heavy atom. The Balaban J connectivity index is 1.22. The van der Waals surface area contributed by atoms with Gasteiger partial charge in [0.1, 0.15) is 12.2 Å².